The lowest BCUT2D eigenvalue weighted by molar-refractivity contribution is 0.415. The minimum Gasteiger partial charge on any atom is -0.495 e. The van der Waals surface area contributed by atoms with Crippen molar-refractivity contribution in [3.05, 3.63) is 28.8 Å². The average Bonchev–Trinajstić information content (AvgIpc) is 2.92. The van der Waals surface area contributed by atoms with Gasteiger partial charge < -0.3 is 10.1 Å². The van der Waals surface area contributed by atoms with E-state index in [1.54, 1.807) is 7.11 Å². The summed E-state index contributed by atoms with van der Waals surface area (Å²) in [7, 11) is 1.63. The largest absolute Gasteiger partial charge is 0.495 e. The van der Waals surface area contributed by atoms with E-state index in [1.165, 1.54) is 12.0 Å². The molecule has 2 rings (SSSR count). The van der Waals surface area contributed by atoms with Crippen molar-refractivity contribution >= 4 is 11.6 Å². The Bertz CT molecular complexity index is 353. The maximum Gasteiger partial charge on any atom is 0.137 e. The average molecular weight is 226 g/mol. The molecule has 0 bridgehead atoms. The van der Waals surface area contributed by atoms with Crippen LogP contribution in [0.25, 0.3) is 0 Å². The lowest BCUT2D eigenvalue weighted by atomic mass is 10.2. The summed E-state index contributed by atoms with van der Waals surface area (Å²) in [6, 6.07) is 6.62. The summed E-state index contributed by atoms with van der Waals surface area (Å²) in [5.74, 6) is 1.57. The Balaban J connectivity index is 1.94. The van der Waals surface area contributed by atoms with Crippen LogP contribution in [-0.2, 0) is 6.54 Å². The second-order valence-electron chi connectivity index (χ2n) is 4.17. The Morgan fingerprint density at radius 1 is 1.53 bits per heavy atom. The van der Waals surface area contributed by atoms with Crippen molar-refractivity contribution in [2.24, 2.45) is 5.92 Å². The first-order valence-electron chi connectivity index (χ1n) is 5.26. The van der Waals surface area contributed by atoms with Crippen LogP contribution >= 0.6 is 11.6 Å². The molecular formula is C12H16ClNO. The number of benzene rings is 1. The van der Waals surface area contributed by atoms with E-state index in [-0.39, 0.29) is 0 Å². The third-order valence-corrected chi connectivity index (χ3v) is 3.19. The lowest BCUT2D eigenvalue weighted by Crippen LogP contribution is -2.16. The number of rotatable bonds is 4. The molecule has 1 saturated carbocycles. The van der Waals surface area contributed by atoms with E-state index < -0.39 is 0 Å². The predicted octanol–water partition coefficient (Wildman–Crippen LogP) is 2.85. The molecule has 1 aliphatic rings. The zero-order valence-corrected chi connectivity index (χ0v) is 9.84. The van der Waals surface area contributed by atoms with Crippen molar-refractivity contribution in [1.82, 2.24) is 5.32 Å². The molecule has 82 valence electrons. The fourth-order valence-corrected chi connectivity index (χ4v) is 1.96. The van der Waals surface area contributed by atoms with Crippen LogP contribution in [0.15, 0.2) is 18.2 Å². The molecular weight excluding hydrogens is 210 g/mol. The number of methoxy groups -OCH3 is 1. The molecule has 3 heteroatoms. The van der Waals surface area contributed by atoms with Crippen LogP contribution < -0.4 is 10.1 Å². The highest BCUT2D eigenvalue weighted by molar-refractivity contribution is 6.32. The summed E-state index contributed by atoms with van der Waals surface area (Å²) in [4.78, 5) is 0. The zero-order valence-electron chi connectivity index (χ0n) is 9.09. The first-order chi connectivity index (χ1) is 7.20. The molecule has 0 spiro atoms. The Morgan fingerprint density at radius 3 is 2.80 bits per heavy atom. The summed E-state index contributed by atoms with van der Waals surface area (Å²) in [5, 5.41) is 4.17. The van der Waals surface area contributed by atoms with Gasteiger partial charge in [0.15, 0.2) is 0 Å². The molecule has 1 aromatic rings. The smallest absolute Gasteiger partial charge is 0.137 e. The second kappa shape index (κ2) is 4.42. The number of hydrogen-bond acceptors (Lipinski definition) is 2. The lowest BCUT2D eigenvalue weighted by Gasteiger charge is -2.07. The Morgan fingerprint density at radius 2 is 2.27 bits per heavy atom. The van der Waals surface area contributed by atoms with Crippen LogP contribution in [0.5, 0.6) is 5.75 Å². The molecule has 0 aliphatic heterocycles. The van der Waals surface area contributed by atoms with Gasteiger partial charge >= 0.3 is 0 Å². The Hall–Kier alpha value is -0.730. The maximum absolute atomic E-state index is 6.04. The van der Waals surface area contributed by atoms with Gasteiger partial charge in [-0.2, -0.15) is 0 Å². The first-order valence-corrected chi connectivity index (χ1v) is 5.64. The fourth-order valence-electron chi connectivity index (χ4n) is 1.68. The van der Waals surface area contributed by atoms with Gasteiger partial charge in [-0.05, 0) is 30.0 Å². The van der Waals surface area contributed by atoms with Crippen molar-refractivity contribution in [1.29, 1.82) is 0 Å². The standard InChI is InChI=1S/C12H16ClNO/c1-8-5-11(8)14-7-9-3-4-12(15-2)10(13)6-9/h3-4,6,8,11,14H,5,7H2,1-2H3. The Labute approximate surface area is 95.6 Å². The SMILES string of the molecule is COc1ccc(CNC2CC2C)cc1Cl. The highest BCUT2D eigenvalue weighted by atomic mass is 35.5. The van der Waals surface area contributed by atoms with Crippen LogP contribution in [-0.4, -0.2) is 13.2 Å². The second-order valence-corrected chi connectivity index (χ2v) is 4.58. The number of hydrogen-bond donors (Lipinski definition) is 1. The van der Waals surface area contributed by atoms with E-state index in [1.807, 2.05) is 18.2 Å². The summed E-state index contributed by atoms with van der Waals surface area (Å²) in [6.45, 7) is 3.15. The van der Waals surface area contributed by atoms with Gasteiger partial charge in [0.05, 0.1) is 12.1 Å². The third-order valence-electron chi connectivity index (χ3n) is 2.89. The molecule has 0 heterocycles. The topological polar surface area (TPSA) is 21.3 Å². The van der Waals surface area contributed by atoms with Gasteiger partial charge in [-0.25, -0.2) is 0 Å². The fraction of sp³-hybridized carbons (Fsp3) is 0.500. The first kappa shape index (κ1) is 10.8. The molecule has 2 atom stereocenters. The van der Waals surface area contributed by atoms with Crippen molar-refractivity contribution < 1.29 is 4.74 Å². The minimum atomic E-state index is 0.681. The van der Waals surface area contributed by atoms with Crippen LogP contribution in [0.2, 0.25) is 5.02 Å². The summed E-state index contributed by atoms with van der Waals surface area (Å²) in [5.41, 5.74) is 1.21. The zero-order chi connectivity index (χ0) is 10.8. The summed E-state index contributed by atoms with van der Waals surface area (Å²) >= 11 is 6.04. The van der Waals surface area contributed by atoms with Gasteiger partial charge in [-0.15, -0.1) is 0 Å². The van der Waals surface area contributed by atoms with Crippen molar-refractivity contribution in [3.8, 4) is 5.75 Å². The van der Waals surface area contributed by atoms with Crippen molar-refractivity contribution in [3.63, 3.8) is 0 Å². The number of halogens is 1. The predicted molar refractivity (Wildman–Crippen MR) is 62.4 cm³/mol. The van der Waals surface area contributed by atoms with Crippen molar-refractivity contribution in [2.75, 3.05) is 7.11 Å². The molecule has 1 aliphatic carbocycles. The van der Waals surface area contributed by atoms with Gasteiger partial charge in [-0.3, -0.25) is 0 Å². The molecule has 0 radical (unpaired) electrons. The molecule has 0 aromatic heterocycles. The summed E-state index contributed by atoms with van der Waals surface area (Å²) in [6.07, 6.45) is 1.30. The van der Waals surface area contributed by atoms with E-state index in [9.17, 15) is 0 Å². The monoisotopic (exact) mass is 225 g/mol. The molecule has 15 heavy (non-hydrogen) atoms. The van der Waals surface area contributed by atoms with Gasteiger partial charge in [0.2, 0.25) is 0 Å². The maximum atomic E-state index is 6.04. The van der Waals surface area contributed by atoms with Crippen LogP contribution in [0.3, 0.4) is 0 Å². The van der Waals surface area contributed by atoms with Gasteiger partial charge in [0, 0.05) is 12.6 Å². The van der Waals surface area contributed by atoms with E-state index in [4.69, 9.17) is 16.3 Å². The molecule has 1 fully saturated rings. The van der Waals surface area contributed by atoms with E-state index in [2.05, 4.69) is 12.2 Å². The van der Waals surface area contributed by atoms with Crippen LogP contribution in [0.1, 0.15) is 18.9 Å². The van der Waals surface area contributed by atoms with Crippen LogP contribution in [0, 0.1) is 5.92 Å². The minimum absolute atomic E-state index is 0.681. The van der Waals surface area contributed by atoms with E-state index in [0.29, 0.717) is 11.1 Å². The molecule has 2 unspecified atom stereocenters. The van der Waals surface area contributed by atoms with Gasteiger partial charge in [0.25, 0.3) is 0 Å². The number of nitrogens with one attached hydrogen (secondary N) is 1. The number of ether oxygens (including phenoxy) is 1. The van der Waals surface area contributed by atoms with Crippen LogP contribution in [0.4, 0.5) is 0 Å². The van der Waals surface area contributed by atoms with Crippen molar-refractivity contribution in [2.45, 2.75) is 25.9 Å². The summed E-state index contributed by atoms with van der Waals surface area (Å²) < 4.78 is 5.10. The normalized spacial score (nSPS) is 23.9. The van der Waals surface area contributed by atoms with E-state index >= 15 is 0 Å². The Kier molecular flexibility index (Phi) is 3.17. The molecule has 1 aromatic carbocycles. The molecule has 1 N–H and O–H groups in total. The molecule has 0 saturated heterocycles. The quantitative estimate of drug-likeness (QED) is 0.851. The molecule has 2 nitrogen and oxygen atoms in total. The highest BCUT2D eigenvalue weighted by Crippen LogP contribution is 2.30. The van der Waals surface area contributed by atoms with Gasteiger partial charge in [-0.1, -0.05) is 24.6 Å². The molecule has 0 amide bonds. The third kappa shape index (κ3) is 2.64. The van der Waals surface area contributed by atoms with E-state index in [0.717, 1.165) is 18.2 Å². The highest BCUT2D eigenvalue weighted by Gasteiger charge is 2.31. The van der Waals surface area contributed by atoms with Gasteiger partial charge in [0.1, 0.15) is 5.75 Å².